The van der Waals surface area contributed by atoms with Crippen LogP contribution in [0.4, 0.5) is 5.69 Å². The highest BCUT2D eigenvalue weighted by Crippen LogP contribution is 2.18. The zero-order chi connectivity index (χ0) is 12.8. The molecule has 0 saturated heterocycles. The molecule has 0 saturated carbocycles. The molecule has 0 spiro atoms. The van der Waals surface area contributed by atoms with E-state index >= 15 is 0 Å². The SMILES string of the molecule is CCCNC(C)c1ccc(N2CC=CCC2)cn1. The van der Waals surface area contributed by atoms with Crippen LogP contribution in [0.2, 0.25) is 0 Å². The smallest absolute Gasteiger partial charge is 0.0572 e. The van der Waals surface area contributed by atoms with Crippen molar-refractivity contribution in [1.82, 2.24) is 10.3 Å². The highest BCUT2D eigenvalue weighted by atomic mass is 15.1. The van der Waals surface area contributed by atoms with Crippen molar-refractivity contribution in [2.75, 3.05) is 24.5 Å². The molecular formula is C15H23N3. The Kier molecular flexibility index (Phi) is 4.76. The lowest BCUT2D eigenvalue weighted by Crippen LogP contribution is -2.27. The first-order valence-corrected chi connectivity index (χ1v) is 6.90. The molecule has 98 valence electrons. The molecule has 3 nitrogen and oxygen atoms in total. The Morgan fingerprint density at radius 1 is 1.39 bits per heavy atom. The maximum atomic E-state index is 4.58. The summed E-state index contributed by atoms with van der Waals surface area (Å²) in [4.78, 5) is 6.94. The van der Waals surface area contributed by atoms with Crippen LogP contribution in [0, 0.1) is 0 Å². The van der Waals surface area contributed by atoms with Gasteiger partial charge in [0.05, 0.1) is 17.6 Å². The van der Waals surface area contributed by atoms with Crippen LogP contribution in [-0.4, -0.2) is 24.6 Å². The fourth-order valence-corrected chi connectivity index (χ4v) is 2.18. The molecule has 1 aromatic rings. The monoisotopic (exact) mass is 245 g/mol. The van der Waals surface area contributed by atoms with Crippen molar-refractivity contribution >= 4 is 5.69 Å². The molecule has 0 radical (unpaired) electrons. The van der Waals surface area contributed by atoms with Crippen molar-refractivity contribution in [2.45, 2.75) is 32.7 Å². The van der Waals surface area contributed by atoms with E-state index < -0.39 is 0 Å². The lowest BCUT2D eigenvalue weighted by molar-refractivity contribution is 0.558. The van der Waals surface area contributed by atoms with Crippen molar-refractivity contribution in [3.05, 3.63) is 36.2 Å². The summed E-state index contributed by atoms with van der Waals surface area (Å²) in [5.74, 6) is 0. The molecule has 0 aromatic carbocycles. The molecule has 0 amide bonds. The molecule has 18 heavy (non-hydrogen) atoms. The van der Waals surface area contributed by atoms with Gasteiger partial charge in [-0.25, -0.2) is 0 Å². The Labute approximate surface area is 110 Å². The second-order valence-electron chi connectivity index (χ2n) is 4.82. The van der Waals surface area contributed by atoms with E-state index in [1.54, 1.807) is 0 Å². The number of anilines is 1. The van der Waals surface area contributed by atoms with Gasteiger partial charge in [0.1, 0.15) is 0 Å². The van der Waals surface area contributed by atoms with E-state index in [-0.39, 0.29) is 0 Å². The van der Waals surface area contributed by atoms with E-state index in [1.165, 1.54) is 5.69 Å². The highest BCUT2D eigenvalue weighted by Gasteiger charge is 2.09. The normalized spacial score (nSPS) is 16.9. The molecule has 1 unspecified atom stereocenters. The molecule has 3 heteroatoms. The zero-order valence-electron chi connectivity index (χ0n) is 11.4. The van der Waals surface area contributed by atoms with E-state index in [0.29, 0.717) is 6.04 Å². The number of hydrogen-bond acceptors (Lipinski definition) is 3. The molecular weight excluding hydrogens is 222 g/mol. The first-order chi connectivity index (χ1) is 8.81. The Bertz CT molecular complexity index is 383. The van der Waals surface area contributed by atoms with Gasteiger partial charge >= 0.3 is 0 Å². The Balaban J connectivity index is 1.98. The van der Waals surface area contributed by atoms with Crippen molar-refractivity contribution in [1.29, 1.82) is 0 Å². The summed E-state index contributed by atoms with van der Waals surface area (Å²) in [5.41, 5.74) is 2.35. The molecule has 0 bridgehead atoms. The van der Waals surface area contributed by atoms with Gasteiger partial charge in [0.2, 0.25) is 0 Å². The summed E-state index contributed by atoms with van der Waals surface area (Å²) in [6.07, 6.45) is 8.76. The lowest BCUT2D eigenvalue weighted by Gasteiger charge is -2.25. The third kappa shape index (κ3) is 3.33. The standard InChI is InChI=1S/C15H23N3/c1-3-9-16-13(2)15-8-7-14(12-17-15)18-10-5-4-6-11-18/h4-5,7-8,12-13,16H,3,6,9-11H2,1-2H3. The minimum absolute atomic E-state index is 0.334. The largest absolute Gasteiger partial charge is 0.366 e. The fourth-order valence-electron chi connectivity index (χ4n) is 2.18. The van der Waals surface area contributed by atoms with Gasteiger partial charge in [-0.2, -0.15) is 0 Å². The number of aromatic nitrogens is 1. The summed E-state index contributed by atoms with van der Waals surface area (Å²) < 4.78 is 0. The number of hydrogen-bond donors (Lipinski definition) is 1. The van der Waals surface area contributed by atoms with Crippen molar-refractivity contribution in [3.63, 3.8) is 0 Å². The predicted octanol–water partition coefficient (Wildman–Crippen LogP) is 2.91. The minimum atomic E-state index is 0.334. The summed E-state index contributed by atoms with van der Waals surface area (Å²) in [6.45, 7) is 7.49. The van der Waals surface area contributed by atoms with Crippen molar-refractivity contribution in [2.24, 2.45) is 0 Å². The van der Waals surface area contributed by atoms with Crippen LogP contribution >= 0.6 is 0 Å². The summed E-state index contributed by atoms with van der Waals surface area (Å²) in [5, 5.41) is 3.46. The average molecular weight is 245 g/mol. The van der Waals surface area contributed by atoms with Crippen LogP contribution in [0.15, 0.2) is 30.5 Å². The van der Waals surface area contributed by atoms with E-state index in [9.17, 15) is 0 Å². The maximum absolute atomic E-state index is 4.58. The van der Waals surface area contributed by atoms with E-state index in [0.717, 1.165) is 38.2 Å². The molecule has 1 aliphatic rings. The lowest BCUT2D eigenvalue weighted by atomic mass is 10.2. The van der Waals surface area contributed by atoms with Crippen LogP contribution in [0.5, 0.6) is 0 Å². The Hall–Kier alpha value is -1.35. The minimum Gasteiger partial charge on any atom is -0.366 e. The molecule has 1 atom stereocenters. The predicted molar refractivity (Wildman–Crippen MR) is 76.9 cm³/mol. The Morgan fingerprint density at radius 3 is 2.89 bits per heavy atom. The van der Waals surface area contributed by atoms with Gasteiger partial charge in [-0.15, -0.1) is 0 Å². The van der Waals surface area contributed by atoms with Gasteiger partial charge in [-0.05, 0) is 38.4 Å². The number of pyridine rings is 1. The summed E-state index contributed by atoms with van der Waals surface area (Å²) in [7, 11) is 0. The first kappa shape index (κ1) is 13.1. The van der Waals surface area contributed by atoms with Gasteiger partial charge < -0.3 is 10.2 Å². The molecule has 2 heterocycles. The van der Waals surface area contributed by atoms with E-state index in [4.69, 9.17) is 0 Å². The van der Waals surface area contributed by atoms with Crippen LogP contribution < -0.4 is 10.2 Å². The molecule has 0 fully saturated rings. The summed E-state index contributed by atoms with van der Waals surface area (Å²) in [6, 6.07) is 4.66. The second-order valence-corrected chi connectivity index (χ2v) is 4.82. The molecule has 2 rings (SSSR count). The van der Waals surface area contributed by atoms with Gasteiger partial charge in [-0.1, -0.05) is 19.1 Å². The van der Waals surface area contributed by atoms with Gasteiger partial charge in [-0.3, -0.25) is 4.98 Å². The molecule has 1 N–H and O–H groups in total. The Morgan fingerprint density at radius 2 is 2.28 bits per heavy atom. The quantitative estimate of drug-likeness (QED) is 0.808. The van der Waals surface area contributed by atoms with Crippen LogP contribution in [0.1, 0.15) is 38.4 Å². The van der Waals surface area contributed by atoms with E-state index in [1.807, 2.05) is 6.20 Å². The van der Waals surface area contributed by atoms with E-state index in [2.05, 4.69) is 53.3 Å². The van der Waals surface area contributed by atoms with Gasteiger partial charge in [0, 0.05) is 19.1 Å². The number of nitrogens with zero attached hydrogens (tertiary/aromatic N) is 2. The highest BCUT2D eigenvalue weighted by molar-refractivity contribution is 5.46. The second kappa shape index (κ2) is 6.55. The third-order valence-electron chi connectivity index (χ3n) is 3.34. The molecule has 1 aliphatic heterocycles. The van der Waals surface area contributed by atoms with Gasteiger partial charge in [0.15, 0.2) is 0 Å². The first-order valence-electron chi connectivity index (χ1n) is 6.90. The molecule has 1 aromatic heterocycles. The van der Waals surface area contributed by atoms with Crippen LogP contribution in [0.25, 0.3) is 0 Å². The van der Waals surface area contributed by atoms with Crippen LogP contribution in [0.3, 0.4) is 0 Å². The average Bonchev–Trinajstić information content (AvgIpc) is 2.46. The third-order valence-corrected chi connectivity index (χ3v) is 3.34. The maximum Gasteiger partial charge on any atom is 0.0572 e. The van der Waals surface area contributed by atoms with Crippen LogP contribution in [-0.2, 0) is 0 Å². The zero-order valence-corrected chi connectivity index (χ0v) is 11.4. The fraction of sp³-hybridized carbons (Fsp3) is 0.533. The number of rotatable bonds is 5. The number of nitrogens with one attached hydrogen (secondary N) is 1. The summed E-state index contributed by atoms with van der Waals surface area (Å²) >= 11 is 0. The topological polar surface area (TPSA) is 28.2 Å². The van der Waals surface area contributed by atoms with Crippen molar-refractivity contribution < 1.29 is 0 Å². The molecule has 0 aliphatic carbocycles. The van der Waals surface area contributed by atoms with Gasteiger partial charge in [0.25, 0.3) is 0 Å². The van der Waals surface area contributed by atoms with Crippen molar-refractivity contribution in [3.8, 4) is 0 Å².